The molecule has 0 aliphatic carbocycles. The predicted molar refractivity (Wildman–Crippen MR) is 63.6 cm³/mol. The lowest BCUT2D eigenvalue weighted by molar-refractivity contribution is -0.722. The van der Waals surface area contributed by atoms with Crippen LogP contribution in [-0.4, -0.2) is 47.6 Å². The Kier molecular flexibility index (Phi) is 9.50. The molecule has 0 radical (unpaired) electrons. The molecule has 3 N–H and O–H groups in total. The van der Waals surface area contributed by atoms with Gasteiger partial charge < -0.3 is 15.7 Å². The van der Waals surface area contributed by atoms with E-state index < -0.39 is 0 Å². The minimum Gasteiger partial charge on any atom is -0.568 e. The SMILES string of the molecule is CNCCCCCCN(N=O)NN(C)[N+]([O-])=NO. The van der Waals surface area contributed by atoms with Crippen molar-refractivity contribution in [2.45, 2.75) is 25.7 Å². The van der Waals surface area contributed by atoms with E-state index in [1.165, 1.54) is 7.05 Å². The van der Waals surface area contributed by atoms with Crippen LogP contribution in [0.25, 0.3) is 0 Å². The summed E-state index contributed by atoms with van der Waals surface area (Å²) in [5, 5.41) is 28.9. The molecule has 106 valence electrons. The van der Waals surface area contributed by atoms with Gasteiger partial charge in [-0.25, -0.2) is 0 Å². The van der Waals surface area contributed by atoms with Crippen LogP contribution in [0.3, 0.4) is 0 Å². The third-order valence-electron chi connectivity index (χ3n) is 2.24. The minimum absolute atomic E-state index is 0.120. The molecule has 0 saturated heterocycles. The summed E-state index contributed by atoms with van der Waals surface area (Å²) in [6.07, 6.45) is 3.87. The highest BCUT2D eigenvalue weighted by Crippen LogP contribution is 2.00. The molecular formula is C8H21N7O3. The smallest absolute Gasteiger partial charge is 0.232 e. The number of rotatable bonds is 11. The van der Waals surface area contributed by atoms with Gasteiger partial charge >= 0.3 is 0 Å². The third-order valence-corrected chi connectivity index (χ3v) is 2.24. The van der Waals surface area contributed by atoms with Gasteiger partial charge in [-0.05, 0) is 26.4 Å². The summed E-state index contributed by atoms with van der Waals surface area (Å²) in [6, 6.07) is 0. The molecule has 0 aromatic rings. The van der Waals surface area contributed by atoms with Crippen molar-refractivity contribution in [3.8, 4) is 0 Å². The lowest BCUT2D eigenvalue weighted by Gasteiger charge is -2.19. The first-order valence-electron chi connectivity index (χ1n) is 5.73. The van der Waals surface area contributed by atoms with E-state index in [0.717, 1.165) is 42.5 Å². The van der Waals surface area contributed by atoms with Crippen LogP contribution in [0.2, 0.25) is 0 Å². The second-order valence-electron chi connectivity index (χ2n) is 3.69. The first-order valence-corrected chi connectivity index (χ1v) is 5.73. The van der Waals surface area contributed by atoms with Crippen LogP contribution in [0.5, 0.6) is 0 Å². The van der Waals surface area contributed by atoms with Crippen molar-refractivity contribution < 1.29 is 10.2 Å². The highest BCUT2D eigenvalue weighted by atomic mass is 16.6. The van der Waals surface area contributed by atoms with Gasteiger partial charge in [0.15, 0.2) is 0 Å². The van der Waals surface area contributed by atoms with E-state index in [9.17, 15) is 10.1 Å². The van der Waals surface area contributed by atoms with Crippen LogP contribution in [-0.2, 0) is 0 Å². The minimum atomic E-state index is -0.120. The van der Waals surface area contributed by atoms with Crippen LogP contribution < -0.4 is 10.9 Å². The Morgan fingerprint density at radius 1 is 1.33 bits per heavy atom. The van der Waals surface area contributed by atoms with Crippen molar-refractivity contribution in [2.24, 2.45) is 10.6 Å². The molecule has 0 fully saturated rings. The molecule has 18 heavy (non-hydrogen) atoms. The van der Waals surface area contributed by atoms with Crippen LogP contribution in [0.1, 0.15) is 25.7 Å². The van der Waals surface area contributed by atoms with Crippen molar-refractivity contribution in [3.63, 3.8) is 0 Å². The fourth-order valence-corrected chi connectivity index (χ4v) is 1.29. The average molecular weight is 263 g/mol. The molecule has 0 heterocycles. The topological polar surface area (TPSA) is 119 Å². The molecule has 0 aliphatic rings. The third kappa shape index (κ3) is 7.57. The van der Waals surface area contributed by atoms with E-state index in [1.807, 2.05) is 7.05 Å². The van der Waals surface area contributed by atoms with Crippen LogP contribution >= 0.6 is 0 Å². The summed E-state index contributed by atoms with van der Waals surface area (Å²) < 4.78 is 0. The molecule has 0 unspecified atom stereocenters. The van der Waals surface area contributed by atoms with E-state index >= 15 is 0 Å². The Morgan fingerprint density at radius 2 is 2.00 bits per heavy atom. The maximum atomic E-state index is 10.8. The molecule has 0 atom stereocenters. The zero-order valence-corrected chi connectivity index (χ0v) is 10.7. The van der Waals surface area contributed by atoms with Crippen molar-refractivity contribution in [1.82, 2.24) is 21.1 Å². The van der Waals surface area contributed by atoms with Crippen molar-refractivity contribution in [3.05, 3.63) is 10.1 Å². The summed E-state index contributed by atoms with van der Waals surface area (Å²) in [5.74, 6) is 0. The fourth-order valence-electron chi connectivity index (χ4n) is 1.29. The zero-order valence-electron chi connectivity index (χ0n) is 10.7. The van der Waals surface area contributed by atoms with Gasteiger partial charge in [-0.1, -0.05) is 23.5 Å². The van der Waals surface area contributed by atoms with E-state index in [-0.39, 0.29) is 4.97 Å². The van der Waals surface area contributed by atoms with Gasteiger partial charge in [0, 0.05) is 0 Å². The number of hydrogen-bond donors (Lipinski definition) is 3. The largest absolute Gasteiger partial charge is 0.568 e. The van der Waals surface area contributed by atoms with E-state index in [0.29, 0.717) is 6.54 Å². The number of nitroso groups, excluding NO2 is 1. The quantitative estimate of drug-likeness (QED) is 0.162. The van der Waals surface area contributed by atoms with E-state index in [2.05, 4.69) is 21.4 Å². The molecule has 0 spiro atoms. The highest BCUT2D eigenvalue weighted by molar-refractivity contribution is 4.48. The van der Waals surface area contributed by atoms with Crippen LogP contribution in [0.15, 0.2) is 10.6 Å². The lowest BCUT2D eigenvalue weighted by atomic mass is 10.2. The Hall–Kier alpha value is -1.68. The summed E-state index contributed by atoms with van der Waals surface area (Å²) in [6.45, 7) is 1.34. The zero-order chi connectivity index (χ0) is 13.8. The van der Waals surface area contributed by atoms with Gasteiger partial charge in [0.2, 0.25) is 5.28 Å². The summed E-state index contributed by atoms with van der Waals surface area (Å²) in [4.78, 5) is 10.4. The van der Waals surface area contributed by atoms with Crippen LogP contribution in [0.4, 0.5) is 0 Å². The molecule has 10 heteroatoms. The molecule has 0 amide bonds. The van der Waals surface area contributed by atoms with Gasteiger partial charge in [-0.15, -0.1) is 4.91 Å². The summed E-state index contributed by atoms with van der Waals surface area (Å²) in [7, 11) is 3.19. The number of hydrazine groups is 3. The van der Waals surface area contributed by atoms with E-state index in [4.69, 9.17) is 5.21 Å². The molecule has 0 aromatic heterocycles. The first-order chi connectivity index (χ1) is 8.65. The maximum Gasteiger partial charge on any atom is 0.232 e. The number of nitrogens with zero attached hydrogens (tertiary/aromatic N) is 5. The van der Waals surface area contributed by atoms with Crippen molar-refractivity contribution in [1.29, 1.82) is 0 Å². The second-order valence-corrected chi connectivity index (χ2v) is 3.69. The predicted octanol–water partition coefficient (Wildman–Crippen LogP) is 0.368. The normalized spacial score (nSPS) is 11.3. The lowest BCUT2D eigenvalue weighted by Crippen LogP contribution is -2.48. The first kappa shape index (κ1) is 16.3. The average Bonchev–Trinajstić information content (AvgIpc) is 2.39. The number of hydrogen-bond acceptors (Lipinski definition) is 6. The molecule has 0 bridgehead atoms. The fraction of sp³-hybridized carbons (Fsp3) is 1.00. The molecule has 0 rings (SSSR count). The Labute approximate surface area is 106 Å². The molecule has 0 saturated carbocycles. The maximum absolute atomic E-state index is 10.8. The molecule has 0 aliphatic heterocycles. The second kappa shape index (κ2) is 10.5. The molecular weight excluding hydrogens is 242 g/mol. The summed E-state index contributed by atoms with van der Waals surface area (Å²) in [5.41, 5.74) is 2.35. The van der Waals surface area contributed by atoms with Crippen molar-refractivity contribution >= 4 is 0 Å². The van der Waals surface area contributed by atoms with Gasteiger partial charge in [0.05, 0.1) is 23.8 Å². The Bertz CT molecular complexity index is 251. The number of nitrogens with one attached hydrogen (secondary N) is 2. The number of unbranched alkanes of at least 4 members (excludes halogenated alkanes) is 3. The van der Waals surface area contributed by atoms with Crippen LogP contribution in [0, 0.1) is 10.1 Å². The Morgan fingerprint density at radius 3 is 2.56 bits per heavy atom. The summed E-state index contributed by atoms with van der Waals surface area (Å²) >= 11 is 0. The monoisotopic (exact) mass is 263 g/mol. The van der Waals surface area contributed by atoms with E-state index in [1.54, 1.807) is 0 Å². The van der Waals surface area contributed by atoms with Crippen molar-refractivity contribution in [2.75, 3.05) is 27.2 Å². The highest BCUT2D eigenvalue weighted by Gasteiger charge is 2.11. The Balaban J connectivity index is 3.74. The van der Waals surface area contributed by atoms with Gasteiger partial charge in [0.25, 0.3) is 0 Å². The van der Waals surface area contributed by atoms with Gasteiger partial charge in [0.1, 0.15) is 0 Å². The van der Waals surface area contributed by atoms with Gasteiger partial charge in [-0.2, -0.15) is 5.12 Å². The molecule has 0 aromatic carbocycles. The molecule has 10 nitrogen and oxygen atoms in total. The standard InChI is InChI=1S/C8H21N7O3/c1-9-7-5-3-4-6-8-14(11-16)10-13(2)15(18)12-17/h9-10,17H,3-8H2,1-2H3. The van der Waals surface area contributed by atoms with Gasteiger partial charge in [-0.3, -0.25) is 0 Å².